The topological polar surface area (TPSA) is 38.5 Å². The smallest absolute Gasteiger partial charge is 0.0622 e. The molecule has 11 heavy (non-hydrogen) atoms. The Bertz CT molecular complexity index is 134. The lowest BCUT2D eigenvalue weighted by molar-refractivity contribution is 0.158. The fourth-order valence-electron chi connectivity index (χ4n) is 1.96. The summed E-state index contributed by atoms with van der Waals surface area (Å²) in [6.45, 7) is 4.12. The van der Waals surface area contributed by atoms with E-state index in [2.05, 4.69) is 4.90 Å². The molecule has 0 bridgehead atoms. The SMILES string of the molecule is NC1CCN(C2CCOC2)C1. The molecular weight excluding hydrogens is 140 g/mol. The zero-order valence-electron chi connectivity index (χ0n) is 6.83. The third-order valence-corrected chi connectivity index (χ3v) is 2.68. The molecule has 2 aliphatic heterocycles. The number of hydrogen-bond acceptors (Lipinski definition) is 3. The Morgan fingerprint density at radius 3 is 2.82 bits per heavy atom. The number of ether oxygens (including phenoxy) is 1. The summed E-state index contributed by atoms with van der Waals surface area (Å²) in [6.07, 6.45) is 2.36. The van der Waals surface area contributed by atoms with Crippen LogP contribution in [0.5, 0.6) is 0 Å². The van der Waals surface area contributed by atoms with Crippen molar-refractivity contribution in [2.24, 2.45) is 5.73 Å². The van der Waals surface area contributed by atoms with Crippen LogP contribution in [-0.2, 0) is 4.74 Å². The highest BCUT2D eigenvalue weighted by atomic mass is 16.5. The van der Waals surface area contributed by atoms with E-state index in [0.717, 1.165) is 26.2 Å². The second-order valence-electron chi connectivity index (χ2n) is 3.56. The molecule has 0 spiro atoms. The van der Waals surface area contributed by atoms with Crippen LogP contribution in [0.25, 0.3) is 0 Å². The minimum Gasteiger partial charge on any atom is -0.380 e. The molecule has 2 unspecified atom stereocenters. The molecule has 3 nitrogen and oxygen atoms in total. The van der Waals surface area contributed by atoms with Gasteiger partial charge in [-0.1, -0.05) is 0 Å². The van der Waals surface area contributed by atoms with Crippen LogP contribution in [0.15, 0.2) is 0 Å². The van der Waals surface area contributed by atoms with Crippen LogP contribution >= 0.6 is 0 Å². The Morgan fingerprint density at radius 2 is 2.27 bits per heavy atom. The number of rotatable bonds is 1. The van der Waals surface area contributed by atoms with Crippen LogP contribution < -0.4 is 5.73 Å². The maximum Gasteiger partial charge on any atom is 0.0622 e. The zero-order valence-corrected chi connectivity index (χ0v) is 6.83. The van der Waals surface area contributed by atoms with E-state index in [-0.39, 0.29) is 0 Å². The van der Waals surface area contributed by atoms with Crippen LogP contribution in [0.2, 0.25) is 0 Å². The van der Waals surface area contributed by atoms with E-state index in [1.54, 1.807) is 0 Å². The first kappa shape index (κ1) is 7.53. The van der Waals surface area contributed by atoms with E-state index in [4.69, 9.17) is 10.5 Å². The summed E-state index contributed by atoms with van der Waals surface area (Å²) in [4.78, 5) is 2.47. The molecule has 0 aromatic heterocycles. The Labute approximate surface area is 67.5 Å². The molecule has 3 heteroatoms. The third kappa shape index (κ3) is 1.55. The number of hydrogen-bond donors (Lipinski definition) is 1. The average molecular weight is 156 g/mol. The van der Waals surface area contributed by atoms with E-state index in [1.165, 1.54) is 13.0 Å². The summed E-state index contributed by atoms with van der Waals surface area (Å²) in [6, 6.07) is 1.08. The summed E-state index contributed by atoms with van der Waals surface area (Å²) in [5.74, 6) is 0. The lowest BCUT2D eigenvalue weighted by atomic mass is 10.2. The van der Waals surface area contributed by atoms with E-state index in [0.29, 0.717) is 12.1 Å². The quantitative estimate of drug-likeness (QED) is 0.572. The Balaban J connectivity index is 1.85. The summed E-state index contributed by atoms with van der Waals surface area (Å²) in [5, 5.41) is 0. The maximum atomic E-state index is 5.81. The first-order chi connectivity index (χ1) is 5.36. The molecule has 2 fully saturated rings. The fraction of sp³-hybridized carbons (Fsp3) is 1.00. The van der Waals surface area contributed by atoms with E-state index >= 15 is 0 Å². The van der Waals surface area contributed by atoms with Crippen molar-refractivity contribution in [1.29, 1.82) is 0 Å². The van der Waals surface area contributed by atoms with Gasteiger partial charge in [0.05, 0.1) is 6.61 Å². The molecule has 0 saturated carbocycles. The summed E-state index contributed by atoms with van der Waals surface area (Å²) in [7, 11) is 0. The molecule has 0 radical (unpaired) electrons. The van der Waals surface area contributed by atoms with Gasteiger partial charge in [-0.3, -0.25) is 4.90 Å². The third-order valence-electron chi connectivity index (χ3n) is 2.68. The van der Waals surface area contributed by atoms with Crippen molar-refractivity contribution >= 4 is 0 Å². The lowest BCUT2D eigenvalue weighted by Gasteiger charge is -2.21. The largest absolute Gasteiger partial charge is 0.380 e. The summed E-state index contributed by atoms with van der Waals surface area (Å²) >= 11 is 0. The minimum atomic E-state index is 0.413. The van der Waals surface area contributed by atoms with Gasteiger partial charge in [-0.2, -0.15) is 0 Å². The van der Waals surface area contributed by atoms with E-state index in [1.807, 2.05) is 0 Å². The molecule has 0 amide bonds. The number of nitrogens with zero attached hydrogens (tertiary/aromatic N) is 1. The summed E-state index contributed by atoms with van der Waals surface area (Å²) < 4.78 is 5.32. The highest BCUT2D eigenvalue weighted by Gasteiger charge is 2.28. The Hall–Kier alpha value is -0.120. The van der Waals surface area contributed by atoms with Crippen molar-refractivity contribution < 1.29 is 4.74 Å². The first-order valence-electron chi connectivity index (χ1n) is 4.43. The monoisotopic (exact) mass is 156 g/mol. The van der Waals surface area contributed by atoms with E-state index < -0.39 is 0 Å². The highest BCUT2D eigenvalue weighted by Crippen LogP contribution is 2.17. The molecule has 2 heterocycles. The maximum absolute atomic E-state index is 5.81. The molecule has 2 saturated heterocycles. The molecule has 0 aromatic carbocycles. The van der Waals surface area contributed by atoms with Crippen LogP contribution in [-0.4, -0.2) is 43.3 Å². The molecule has 0 aromatic rings. The Morgan fingerprint density at radius 1 is 1.36 bits per heavy atom. The lowest BCUT2D eigenvalue weighted by Crippen LogP contribution is -2.35. The molecule has 2 atom stereocenters. The zero-order chi connectivity index (χ0) is 7.68. The van der Waals surface area contributed by atoms with Crippen molar-refractivity contribution in [1.82, 2.24) is 4.90 Å². The number of nitrogens with two attached hydrogens (primary N) is 1. The second-order valence-corrected chi connectivity index (χ2v) is 3.56. The van der Waals surface area contributed by atoms with Crippen LogP contribution in [0, 0.1) is 0 Å². The van der Waals surface area contributed by atoms with Gasteiger partial charge in [0.2, 0.25) is 0 Å². The predicted molar refractivity (Wildman–Crippen MR) is 43.4 cm³/mol. The van der Waals surface area contributed by atoms with Gasteiger partial charge in [-0.15, -0.1) is 0 Å². The standard InChI is InChI=1S/C8H16N2O/c9-7-1-3-10(5-7)8-2-4-11-6-8/h7-8H,1-6,9H2. The summed E-state index contributed by atoms with van der Waals surface area (Å²) in [5.41, 5.74) is 5.81. The fourth-order valence-corrected chi connectivity index (χ4v) is 1.96. The predicted octanol–water partition coefficient (Wildman–Crippen LogP) is -0.192. The molecule has 0 aliphatic carbocycles. The molecular formula is C8H16N2O. The molecule has 2 rings (SSSR count). The van der Waals surface area contributed by atoms with Gasteiger partial charge < -0.3 is 10.5 Å². The van der Waals surface area contributed by atoms with Gasteiger partial charge in [-0.25, -0.2) is 0 Å². The van der Waals surface area contributed by atoms with Gasteiger partial charge in [0, 0.05) is 31.8 Å². The van der Waals surface area contributed by atoms with Gasteiger partial charge in [0.25, 0.3) is 0 Å². The van der Waals surface area contributed by atoms with Crippen molar-refractivity contribution in [3.63, 3.8) is 0 Å². The van der Waals surface area contributed by atoms with Crippen LogP contribution in [0.1, 0.15) is 12.8 Å². The highest BCUT2D eigenvalue weighted by molar-refractivity contribution is 4.84. The van der Waals surface area contributed by atoms with E-state index in [9.17, 15) is 0 Å². The second kappa shape index (κ2) is 3.09. The Kier molecular flexibility index (Phi) is 2.11. The minimum absolute atomic E-state index is 0.413. The molecule has 2 N–H and O–H groups in total. The van der Waals surface area contributed by atoms with Gasteiger partial charge in [-0.05, 0) is 12.8 Å². The average Bonchev–Trinajstić information content (AvgIpc) is 2.55. The molecule has 2 aliphatic rings. The number of likely N-dealkylation sites (tertiary alicyclic amines) is 1. The van der Waals surface area contributed by atoms with Gasteiger partial charge in [0.15, 0.2) is 0 Å². The van der Waals surface area contributed by atoms with Gasteiger partial charge in [0.1, 0.15) is 0 Å². The van der Waals surface area contributed by atoms with Crippen molar-refractivity contribution in [3.8, 4) is 0 Å². The molecule has 64 valence electrons. The van der Waals surface area contributed by atoms with Crippen molar-refractivity contribution in [2.45, 2.75) is 24.9 Å². The van der Waals surface area contributed by atoms with Crippen molar-refractivity contribution in [3.05, 3.63) is 0 Å². The normalized spacial score (nSPS) is 40.1. The van der Waals surface area contributed by atoms with Crippen LogP contribution in [0.3, 0.4) is 0 Å². The first-order valence-corrected chi connectivity index (χ1v) is 4.43. The van der Waals surface area contributed by atoms with Gasteiger partial charge >= 0.3 is 0 Å². The van der Waals surface area contributed by atoms with Crippen LogP contribution in [0.4, 0.5) is 0 Å². The van der Waals surface area contributed by atoms with Crippen molar-refractivity contribution in [2.75, 3.05) is 26.3 Å².